The van der Waals surface area contributed by atoms with Crippen LogP contribution >= 0.6 is 0 Å². The third-order valence-corrected chi connectivity index (χ3v) is 3.48. The number of aryl methyl sites for hydroxylation is 1. The van der Waals surface area contributed by atoms with Crippen molar-refractivity contribution in [3.05, 3.63) is 64.7 Å². The summed E-state index contributed by atoms with van der Waals surface area (Å²) < 4.78 is 32.2. The molecular formula is C16H18F2N2O. The topological polar surface area (TPSA) is 47.3 Å². The summed E-state index contributed by atoms with van der Waals surface area (Å²) in [6.45, 7) is 1.92. The van der Waals surface area contributed by atoms with E-state index in [0.717, 1.165) is 22.9 Å². The summed E-state index contributed by atoms with van der Waals surface area (Å²) in [7, 11) is 1.60. The second kappa shape index (κ2) is 6.65. The van der Waals surface area contributed by atoms with Gasteiger partial charge in [0.2, 0.25) is 0 Å². The smallest absolute Gasteiger partial charge is 0.162 e. The number of hydrazine groups is 1. The summed E-state index contributed by atoms with van der Waals surface area (Å²) in [4.78, 5) is 0. The number of benzene rings is 2. The number of hydrogen-bond donors (Lipinski definition) is 2. The van der Waals surface area contributed by atoms with E-state index in [1.54, 1.807) is 13.2 Å². The van der Waals surface area contributed by atoms with E-state index in [-0.39, 0.29) is 18.0 Å². The first-order chi connectivity index (χ1) is 10.1. The van der Waals surface area contributed by atoms with Crippen LogP contribution in [0.25, 0.3) is 0 Å². The molecule has 0 radical (unpaired) electrons. The predicted octanol–water partition coefficient (Wildman–Crippen LogP) is 3.03. The van der Waals surface area contributed by atoms with Crippen LogP contribution in [0, 0.1) is 18.6 Å². The molecule has 112 valence electrons. The highest BCUT2D eigenvalue weighted by Gasteiger charge is 2.16. The SMILES string of the molecule is COc1ccc(C(Cc2cccc(F)c2F)NN)cc1C. The van der Waals surface area contributed by atoms with Crippen LogP contribution < -0.4 is 16.0 Å². The van der Waals surface area contributed by atoms with E-state index < -0.39 is 11.6 Å². The fraction of sp³-hybridized carbons (Fsp3) is 0.250. The van der Waals surface area contributed by atoms with E-state index in [1.807, 2.05) is 25.1 Å². The summed E-state index contributed by atoms with van der Waals surface area (Å²) in [5.41, 5.74) is 4.77. The largest absolute Gasteiger partial charge is 0.496 e. The Bertz CT molecular complexity index is 632. The summed E-state index contributed by atoms with van der Waals surface area (Å²) in [6, 6.07) is 9.43. The van der Waals surface area contributed by atoms with Gasteiger partial charge in [0.15, 0.2) is 11.6 Å². The molecule has 0 spiro atoms. The first kappa shape index (κ1) is 15.4. The standard InChI is InChI=1S/C16H18F2N2O/c1-10-8-11(6-7-15(10)21-2)14(20-19)9-12-4-3-5-13(17)16(12)18/h3-8,14,20H,9,19H2,1-2H3. The van der Waals surface area contributed by atoms with Crippen molar-refractivity contribution in [2.45, 2.75) is 19.4 Å². The van der Waals surface area contributed by atoms with Crippen molar-refractivity contribution in [2.75, 3.05) is 7.11 Å². The minimum atomic E-state index is -0.853. The van der Waals surface area contributed by atoms with Gasteiger partial charge >= 0.3 is 0 Å². The minimum Gasteiger partial charge on any atom is -0.496 e. The van der Waals surface area contributed by atoms with E-state index >= 15 is 0 Å². The average molecular weight is 292 g/mol. The van der Waals surface area contributed by atoms with Crippen LogP contribution in [0.3, 0.4) is 0 Å². The highest BCUT2D eigenvalue weighted by atomic mass is 19.2. The van der Waals surface area contributed by atoms with Gasteiger partial charge in [0.25, 0.3) is 0 Å². The van der Waals surface area contributed by atoms with E-state index in [1.165, 1.54) is 6.07 Å². The molecule has 2 aromatic rings. The summed E-state index contributed by atoms with van der Waals surface area (Å²) >= 11 is 0. The van der Waals surface area contributed by atoms with Gasteiger partial charge in [-0.15, -0.1) is 0 Å². The Hall–Kier alpha value is -1.98. The Morgan fingerprint density at radius 3 is 2.62 bits per heavy atom. The first-order valence-corrected chi connectivity index (χ1v) is 6.60. The number of nitrogens with one attached hydrogen (secondary N) is 1. The van der Waals surface area contributed by atoms with Gasteiger partial charge in [-0.3, -0.25) is 11.3 Å². The molecule has 0 aliphatic rings. The monoisotopic (exact) mass is 292 g/mol. The van der Waals surface area contributed by atoms with Gasteiger partial charge in [0.05, 0.1) is 13.2 Å². The first-order valence-electron chi connectivity index (χ1n) is 6.60. The van der Waals surface area contributed by atoms with Crippen molar-refractivity contribution in [1.82, 2.24) is 5.43 Å². The maximum atomic E-state index is 13.7. The number of rotatable bonds is 5. The summed E-state index contributed by atoms with van der Waals surface area (Å²) in [5.74, 6) is 4.65. The Kier molecular flexibility index (Phi) is 4.88. The second-order valence-corrected chi connectivity index (χ2v) is 4.87. The van der Waals surface area contributed by atoms with Crippen LogP contribution in [0.1, 0.15) is 22.7 Å². The number of hydrogen-bond acceptors (Lipinski definition) is 3. The molecule has 3 nitrogen and oxygen atoms in total. The maximum absolute atomic E-state index is 13.7. The van der Waals surface area contributed by atoms with Gasteiger partial charge in [-0.1, -0.05) is 24.3 Å². The fourth-order valence-corrected chi connectivity index (χ4v) is 2.32. The molecule has 0 aromatic heterocycles. The van der Waals surface area contributed by atoms with E-state index in [4.69, 9.17) is 10.6 Å². The molecule has 3 N–H and O–H groups in total. The fourth-order valence-electron chi connectivity index (χ4n) is 2.32. The molecule has 2 rings (SSSR count). The van der Waals surface area contributed by atoms with Gasteiger partial charge in [-0.25, -0.2) is 8.78 Å². The van der Waals surface area contributed by atoms with Gasteiger partial charge in [-0.2, -0.15) is 0 Å². The van der Waals surface area contributed by atoms with Crippen LogP contribution in [-0.4, -0.2) is 7.11 Å². The molecule has 21 heavy (non-hydrogen) atoms. The lowest BCUT2D eigenvalue weighted by Crippen LogP contribution is -2.30. The van der Waals surface area contributed by atoms with E-state index in [0.29, 0.717) is 0 Å². The molecule has 0 aliphatic carbocycles. The number of halogens is 2. The van der Waals surface area contributed by atoms with Gasteiger partial charge in [0, 0.05) is 0 Å². The van der Waals surface area contributed by atoms with Crippen molar-refractivity contribution in [3.63, 3.8) is 0 Å². The molecule has 0 heterocycles. The van der Waals surface area contributed by atoms with Gasteiger partial charge in [0.1, 0.15) is 5.75 Å². The van der Waals surface area contributed by atoms with Crippen molar-refractivity contribution in [3.8, 4) is 5.75 Å². The van der Waals surface area contributed by atoms with Crippen LogP contribution in [0.4, 0.5) is 8.78 Å². The van der Waals surface area contributed by atoms with E-state index in [9.17, 15) is 8.78 Å². The lowest BCUT2D eigenvalue weighted by molar-refractivity contribution is 0.411. The van der Waals surface area contributed by atoms with E-state index in [2.05, 4.69) is 5.43 Å². The molecule has 0 saturated heterocycles. The zero-order valence-corrected chi connectivity index (χ0v) is 12.0. The molecule has 5 heteroatoms. The predicted molar refractivity (Wildman–Crippen MR) is 77.9 cm³/mol. The molecule has 1 atom stereocenters. The second-order valence-electron chi connectivity index (χ2n) is 4.87. The highest BCUT2D eigenvalue weighted by molar-refractivity contribution is 5.38. The normalized spacial score (nSPS) is 12.2. The van der Waals surface area contributed by atoms with Crippen molar-refractivity contribution < 1.29 is 13.5 Å². The van der Waals surface area contributed by atoms with Crippen LogP contribution in [0.5, 0.6) is 5.75 Å². The maximum Gasteiger partial charge on any atom is 0.162 e. The third-order valence-electron chi connectivity index (χ3n) is 3.48. The Balaban J connectivity index is 2.28. The molecule has 0 amide bonds. The highest BCUT2D eigenvalue weighted by Crippen LogP contribution is 2.25. The third kappa shape index (κ3) is 3.37. The molecule has 2 aromatic carbocycles. The molecule has 1 unspecified atom stereocenters. The Morgan fingerprint density at radius 2 is 2.00 bits per heavy atom. The van der Waals surface area contributed by atoms with Crippen LogP contribution in [0.15, 0.2) is 36.4 Å². The quantitative estimate of drug-likeness (QED) is 0.658. The number of nitrogens with two attached hydrogens (primary N) is 1. The van der Waals surface area contributed by atoms with Crippen molar-refractivity contribution >= 4 is 0 Å². The average Bonchev–Trinajstić information content (AvgIpc) is 2.48. The number of ether oxygens (including phenoxy) is 1. The Labute approximate surface area is 122 Å². The molecule has 0 bridgehead atoms. The van der Waals surface area contributed by atoms with Gasteiger partial charge in [-0.05, 0) is 42.2 Å². The van der Waals surface area contributed by atoms with Crippen molar-refractivity contribution in [1.29, 1.82) is 0 Å². The van der Waals surface area contributed by atoms with Gasteiger partial charge < -0.3 is 4.74 Å². The minimum absolute atomic E-state index is 0.256. The molecule has 0 aliphatic heterocycles. The summed E-state index contributed by atoms with van der Waals surface area (Å²) in [6.07, 6.45) is 0.256. The number of methoxy groups -OCH3 is 1. The zero-order chi connectivity index (χ0) is 15.4. The molecule has 0 saturated carbocycles. The summed E-state index contributed by atoms with van der Waals surface area (Å²) in [5, 5.41) is 0. The lowest BCUT2D eigenvalue weighted by Gasteiger charge is -2.18. The molecule has 0 fully saturated rings. The Morgan fingerprint density at radius 1 is 1.24 bits per heavy atom. The lowest BCUT2D eigenvalue weighted by atomic mass is 9.97. The van der Waals surface area contributed by atoms with Crippen molar-refractivity contribution in [2.24, 2.45) is 5.84 Å². The van der Waals surface area contributed by atoms with Crippen LogP contribution in [0.2, 0.25) is 0 Å². The molecular weight excluding hydrogens is 274 g/mol. The van der Waals surface area contributed by atoms with Crippen LogP contribution in [-0.2, 0) is 6.42 Å². The zero-order valence-electron chi connectivity index (χ0n) is 12.0.